The molecule has 3 heteroatoms. The van der Waals surface area contributed by atoms with E-state index in [2.05, 4.69) is 0 Å². The van der Waals surface area contributed by atoms with Crippen LogP contribution >= 0.6 is 0 Å². The van der Waals surface area contributed by atoms with E-state index in [9.17, 15) is 4.79 Å². The first-order chi connectivity index (χ1) is 7.74. The van der Waals surface area contributed by atoms with Crippen LogP contribution in [0.5, 0.6) is 0 Å². The number of ether oxygens (including phenoxy) is 1. The maximum absolute atomic E-state index is 11.4. The van der Waals surface area contributed by atoms with Crippen molar-refractivity contribution in [2.45, 2.75) is 25.7 Å². The second kappa shape index (κ2) is 5.01. The number of hydrogen-bond donors (Lipinski definition) is 1. The van der Waals surface area contributed by atoms with E-state index in [1.54, 1.807) is 12.1 Å². The van der Waals surface area contributed by atoms with E-state index >= 15 is 0 Å². The molecule has 0 amide bonds. The Morgan fingerprint density at radius 1 is 1.31 bits per heavy atom. The van der Waals surface area contributed by atoms with Gasteiger partial charge in [-0.2, -0.15) is 0 Å². The summed E-state index contributed by atoms with van der Waals surface area (Å²) in [5, 5.41) is 0. The zero-order valence-electron chi connectivity index (χ0n) is 9.32. The summed E-state index contributed by atoms with van der Waals surface area (Å²) < 4.78 is 5.16. The molecule has 0 bridgehead atoms. The molecule has 0 heterocycles. The Hall–Kier alpha value is -1.51. The standard InChI is InChI=1S/C13H17NO2/c14-12-5-3-11(4-6-12)9-13(15)16-8-7-10-1-2-10/h3-6,10H,1-2,7-9,14H2. The first-order valence-electron chi connectivity index (χ1n) is 5.74. The van der Waals surface area contributed by atoms with Crippen molar-refractivity contribution >= 4 is 11.7 Å². The Morgan fingerprint density at radius 3 is 2.62 bits per heavy atom. The summed E-state index contributed by atoms with van der Waals surface area (Å²) >= 11 is 0. The smallest absolute Gasteiger partial charge is 0.310 e. The Morgan fingerprint density at radius 2 is 2.00 bits per heavy atom. The monoisotopic (exact) mass is 219 g/mol. The lowest BCUT2D eigenvalue weighted by atomic mass is 10.1. The van der Waals surface area contributed by atoms with Gasteiger partial charge in [0.1, 0.15) is 0 Å². The van der Waals surface area contributed by atoms with Gasteiger partial charge >= 0.3 is 5.97 Å². The third-order valence-corrected chi connectivity index (χ3v) is 2.81. The largest absolute Gasteiger partial charge is 0.465 e. The maximum Gasteiger partial charge on any atom is 0.310 e. The van der Waals surface area contributed by atoms with Gasteiger partial charge < -0.3 is 10.5 Å². The summed E-state index contributed by atoms with van der Waals surface area (Å²) in [6.45, 7) is 0.568. The van der Waals surface area contributed by atoms with Crippen LogP contribution in [-0.2, 0) is 16.0 Å². The lowest BCUT2D eigenvalue weighted by Crippen LogP contribution is -2.09. The van der Waals surface area contributed by atoms with Crippen LogP contribution in [-0.4, -0.2) is 12.6 Å². The van der Waals surface area contributed by atoms with Crippen LogP contribution in [0.4, 0.5) is 5.69 Å². The number of rotatable bonds is 5. The second-order valence-electron chi connectivity index (χ2n) is 4.37. The summed E-state index contributed by atoms with van der Waals surface area (Å²) in [7, 11) is 0. The van der Waals surface area contributed by atoms with Gasteiger partial charge in [-0.25, -0.2) is 0 Å². The van der Waals surface area contributed by atoms with E-state index in [1.165, 1.54) is 12.8 Å². The molecule has 16 heavy (non-hydrogen) atoms. The van der Waals surface area contributed by atoms with E-state index in [0.717, 1.165) is 17.9 Å². The zero-order chi connectivity index (χ0) is 11.4. The highest BCUT2D eigenvalue weighted by Crippen LogP contribution is 2.32. The molecule has 1 aliphatic carbocycles. The number of esters is 1. The normalized spacial score (nSPS) is 14.8. The molecule has 0 unspecified atom stereocenters. The van der Waals surface area contributed by atoms with E-state index in [0.29, 0.717) is 18.7 Å². The fourth-order valence-corrected chi connectivity index (χ4v) is 1.60. The zero-order valence-corrected chi connectivity index (χ0v) is 9.32. The molecule has 0 aliphatic heterocycles. The molecule has 86 valence electrons. The predicted octanol–water partition coefficient (Wildman–Crippen LogP) is 2.15. The van der Waals surface area contributed by atoms with Gasteiger partial charge in [-0.15, -0.1) is 0 Å². The molecule has 0 aromatic heterocycles. The molecule has 1 aliphatic rings. The van der Waals surface area contributed by atoms with Gasteiger partial charge in [0.05, 0.1) is 13.0 Å². The Balaban J connectivity index is 1.70. The number of nitrogens with two attached hydrogens (primary N) is 1. The summed E-state index contributed by atoms with van der Waals surface area (Å²) in [6, 6.07) is 7.31. The van der Waals surface area contributed by atoms with Crippen LogP contribution < -0.4 is 5.73 Å². The van der Waals surface area contributed by atoms with Crippen LogP contribution in [0.2, 0.25) is 0 Å². The summed E-state index contributed by atoms with van der Waals surface area (Å²) in [5.74, 6) is 0.662. The van der Waals surface area contributed by atoms with Gasteiger partial charge in [0.15, 0.2) is 0 Å². The molecular weight excluding hydrogens is 202 g/mol. The van der Waals surface area contributed by atoms with Crippen molar-refractivity contribution in [3.8, 4) is 0 Å². The molecule has 2 rings (SSSR count). The molecule has 1 fully saturated rings. The molecule has 0 radical (unpaired) electrons. The van der Waals surface area contributed by atoms with Crippen molar-refractivity contribution < 1.29 is 9.53 Å². The maximum atomic E-state index is 11.4. The van der Waals surface area contributed by atoms with Crippen LogP contribution in [0.3, 0.4) is 0 Å². The molecule has 1 saturated carbocycles. The number of hydrogen-bond acceptors (Lipinski definition) is 3. The van der Waals surface area contributed by atoms with Crippen LogP contribution in [0.25, 0.3) is 0 Å². The average Bonchev–Trinajstić information content (AvgIpc) is 3.05. The van der Waals surface area contributed by atoms with Gasteiger partial charge in [-0.05, 0) is 30.0 Å². The topological polar surface area (TPSA) is 52.3 Å². The highest BCUT2D eigenvalue weighted by atomic mass is 16.5. The summed E-state index contributed by atoms with van der Waals surface area (Å²) in [5.41, 5.74) is 7.23. The van der Waals surface area contributed by atoms with Crippen LogP contribution in [0.15, 0.2) is 24.3 Å². The van der Waals surface area contributed by atoms with Crippen LogP contribution in [0.1, 0.15) is 24.8 Å². The number of benzene rings is 1. The van der Waals surface area contributed by atoms with Crippen molar-refractivity contribution in [2.24, 2.45) is 5.92 Å². The Kier molecular flexibility index (Phi) is 3.44. The van der Waals surface area contributed by atoms with Gasteiger partial charge in [-0.3, -0.25) is 4.79 Å². The van der Waals surface area contributed by atoms with Gasteiger partial charge in [-0.1, -0.05) is 25.0 Å². The fraction of sp³-hybridized carbons (Fsp3) is 0.462. The van der Waals surface area contributed by atoms with Gasteiger partial charge in [0.2, 0.25) is 0 Å². The minimum absolute atomic E-state index is 0.148. The number of anilines is 1. The first kappa shape index (κ1) is 11.0. The van der Waals surface area contributed by atoms with Gasteiger partial charge in [0.25, 0.3) is 0 Å². The van der Waals surface area contributed by atoms with Crippen molar-refractivity contribution in [3.63, 3.8) is 0 Å². The molecule has 1 aromatic rings. The van der Waals surface area contributed by atoms with E-state index in [-0.39, 0.29) is 5.97 Å². The van der Waals surface area contributed by atoms with Crippen molar-refractivity contribution in [1.82, 2.24) is 0 Å². The molecule has 0 saturated heterocycles. The van der Waals surface area contributed by atoms with Gasteiger partial charge in [0, 0.05) is 5.69 Å². The van der Waals surface area contributed by atoms with Crippen molar-refractivity contribution in [2.75, 3.05) is 12.3 Å². The Bertz CT molecular complexity index is 355. The fourth-order valence-electron chi connectivity index (χ4n) is 1.60. The van der Waals surface area contributed by atoms with Crippen molar-refractivity contribution in [1.29, 1.82) is 0 Å². The summed E-state index contributed by atoms with van der Waals surface area (Å²) in [4.78, 5) is 11.4. The van der Waals surface area contributed by atoms with E-state index < -0.39 is 0 Å². The molecule has 1 aromatic carbocycles. The highest BCUT2D eigenvalue weighted by molar-refractivity contribution is 5.72. The average molecular weight is 219 g/mol. The molecule has 0 atom stereocenters. The molecule has 2 N–H and O–H groups in total. The lowest BCUT2D eigenvalue weighted by Gasteiger charge is -2.04. The minimum atomic E-state index is -0.148. The molecular formula is C13H17NO2. The number of nitrogen functional groups attached to an aromatic ring is 1. The highest BCUT2D eigenvalue weighted by Gasteiger charge is 2.21. The second-order valence-corrected chi connectivity index (χ2v) is 4.37. The molecule has 0 spiro atoms. The summed E-state index contributed by atoms with van der Waals surface area (Å²) in [6.07, 6.45) is 3.96. The Labute approximate surface area is 95.6 Å². The number of carbonyl (C=O) groups excluding carboxylic acids is 1. The SMILES string of the molecule is Nc1ccc(CC(=O)OCCC2CC2)cc1. The number of carbonyl (C=O) groups is 1. The first-order valence-corrected chi connectivity index (χ1v) is 5.74. The lowest BCUT2D eigenvalue weighted by molar-refractivity contribution is -0.143. The minimum Gasteiger partial charge on any atom is -0.465 e. The van der Waals surface area contributed by atoms with E-state index in [1.807, 2.05) is 12.1 Å². The molecule has 3 nitrogen and oxygen atoms in total. The third-order valence-electron chi connectivity index (χ3n) is 2.81. The predicted molar refractivity (Wildman–Crippen MR) is 62.9 cm³/mol. The third kappa shape index (κ3) is 3.57. The van der Waals surface area contributed by atoms with Crippen molar-refractivity contribution in [3.05, 3.63) is 29.8 Å². The quantitative estimate of drug-likeness (QED) is 0.610. The van der Waals surface area contributed by atoms with Crippen LogP contribution in [0, 0.1) is 5.92 Å². The van der Waals surface area contributed by atoms with E-state index in [4.69, 9.17) is 10.5 Å².